The zero-order valence-corrected chi connectivity index (χ0v) is 23.9. The Morgan fingerprint density at radius 2 is 1.42 bits per heavy atom. The summed E-state index contributed by atoms with van der Waals surface area (Å²) in [6.45, 7) is 8.96. The number of benzene rings is 4. The number of phenols is 1. The number of rotatable bonds is 10. The smallest absolute Gasteiger partial charge is 0.119 e. The molecule has 0 aliphatic rings. The summed E-state index contributed by atoms with van der Waals surface area (Å²) in [4.78, 5) is 0. The van der Waals surface area contributed by atoms with Crippen molar-refractivity contribution in [2.45, 2.75) is 58.3 Å². The Labute approximate surface area is 220 Å². The highest BCUT2D eigenvalue weighted by Gasteiger charge is 2.34. The van der Waals surface area contributed by atoms with E-state index in [0.717, 1.165) is 31.0 Å². The maximum Gasteiger partial charge on any atom is 0.119 e. The van der Waals surface area contributed by atoms with Crippen molar-refractivity contribution in [3.8, 4) is 5.75 Å². The van der Waals surface area contributed by atoms with E-state index in [1.807, 2.05) is 12.1 Å². The molecule has 186 valence electrons. The molecule has 0 aliphatic carbocycles. The van der Waals surface area contributed by atoms with Crippen molar-refractivity contribution in [1.82, 2.24) is 0 Å². The lowest BCUT2D eigenvalue weighted by molar-refractivity contribution is 0.442. The molecule has 0 spiro atoms. The molecule has 0 saturated heterocycles. The lowest BCUT2D eigenvalue weighted by atomic mass is 9.89. The van der Waals surface area contributed by atoms with Gasteiger partial charge in [0.05, 0.1) is 0 Å². The number of aryl methyl sites for hydroxylation is 2. The summed E-state index contributed by atoms with van der Waals surface area (Å²) in [5.41, 5.74) is 5.15. The Hall–Kier alpha value is -2.46. The van der Waals surface area contributed by atoms with Gasteiger partial charge in [-0.25, -0.2) is 0 Å². The van der Waals surface area contributed by atoms with Gasteiger partial charge in [0.2, 0.25) is 0 Å². The monoisotopic (exact) mass is 512 g/mol. The Balaban J connectivity index is 1.80. The average Bonchev–Trinajstić information content (AvgIpc) is 2.91. The zero-order valence-electron chi connectivity index (χ0n) is 22.0. The van der Waals surface area contributed by atoms with Crippen LogP contribution < -0.4 is 15.9 Å². The topological polar surface area (TPSA) is 20.2 Å². The van der Waals surface area contributed by atoms with Gasteiger partial charge in [-0.15, -0.1) is 0 Å². The second kappa shape index (κ2) is 12.2. The molecule has 0 saturated carbocycles. The van der Waals surface area contributed by atoms with Crippen LogP contribution in [0.4, 0.5) is 0 Å². The second-order valence-electron chi connectivity index (χ2n) is 9.70. The summed E-state index contributed by atoms with van der Waals surface area (Å²) < 4.78 is 0. The number of phenolic OH excluding ortho intramolecular Hbond substituents is 1. The first-order chi connectivity index (χ1) is 17.5. The van der Waals surface area contributed by atoms with E-state index in [9.17, 15) is 5.11 Å². The first-order valence-electron chi connectivity index (χ1n) is 13.0. The van der Waals surface area contributed by atoms with Crippen LogP contribution in [0.2, 0.25) is 0 Å². The van der Waals surface area contributed by atoms with Crippen LogP contribution in [0.5, 0.6) is 5.75 Å². The first-order valence-corrected chi connectivity index (χ1v) is 15.5. The maximum atomic E-state index is 11.0. The Kier molecular flexibility index (Phi) is 9.00. The molecule has 0 radical (unpaired) electrons. The Morgan fingerprint density at radius 1 is 0.778 bits per heavy atom. The van der Waals surface area contributed by atoms with Crippen LogP contribution >= 0.6 is 16.5 Å². The van der Waals surface area contributed by atoms with Crippen molar-refractivity contribution < 1.29 is 5.11 Å². The van der Waals surface area contributed by atoms with Gasteiger partial charge in [-0.2, -0.15) is 0 Å². The molecule has 4 aromatic rings. The third-order valence-corrected chi connectivity index (χ3v) is 12.0. The van der Waals surface area contributed by atoms with Gasteiger partial charge in [-0.05, 0) is 67.7 Å². The van der Waals surface area contributed by atoms with Crippen molar-refractivity contribution in [2.75, 3.05) is 0 Å². The first kappa shape index (κ1) is 26.6. The van der Waals surface area contributed by atoms with E-state index in [-0.39, 0.29) is 5.16 Å². The summed E-state index contributed by atoms with van der Waals surface area (Å²) in [6, 6.07) is 35.0. The van der Waals surface area contributed by atoms with Crippen molar-refractivity contribution in [2.24, 2.45) is 0 Å². The minimum absolute atomic E-state index is 0.0615. The summed E-state index contributed by atoms with van der Waals surface area (Å²) in [5, 5.41) is 15.2. The van der Waals surface area contributed by atoms with Crippen molar-refractivity contribution in [3.63, 3.8) is 0 Å². The normalized spacial score (nSPS) is 13.4. The SMILES string of the molecule is CCCC(CC)(Pc1c(C)cccc1CP(c1ccccc1)c1ccccc1)c1cc(C)ccc1O. The molecular weight excluding hydrogens is 474 g/mol. The number of hydrogen-bond acceptors (Lipinski definition) is 1. The van der Waals surface area contributed by atoms with Gasteiger partial charge in [0.25, 0.3) is 0 Å². The largest absolute Gasteiger partial charge is 0.508 e. The van der Waals surface area contributed by atoms with E-state index in [1.165, 1.54) is 32.6 Å². The molecule has 1 N–H and O–H groups in total. The van der Waals surface area contributed by atoms with Crippen molar-refractivity contribution in [3.05, 3.63) is 119 Å². The summed E-state index contributed by atoms with van der Waals surface area (Å²) in [7, 11) is 0.0858. The fourth-order valence-electron chi connectivity index (χ4n) is 5.18. The second-order valence-corrected chi connectivity index (χ2v) is 13.6. The molecule has 4 aromatic carbocycles. The predicted octanol–water partition coefficient (Wildman–Crippen LogP) is 8.05. The predicted molar refractivity (Wildman–Crippen MR) is 162 cm³/mol. The minimum atomic E-state index is -0.520. The summed E-state index contributed by atoms with van der Waals surface area (Å²) in [5.74, 6) is 0.439. The number of aromatic hydroxyl groups is 1. The Morgan fingerprint density at radius 3 is 2.00 bits per heavy atom. The maximum absolute atomic E-state index is 11.0. The summed E-state index contributed by atoms with van der Waals surface area (Å²) >= 11 is 0. The van der Waals surface area contributed by atoms with Crippen LogP contribution in [0.15, 0.2) is 97.1 Å². The van der Waals surface area contributed by atoms with Gasteiger partial charge in [-0.3, -0.25) is 0 Å². The highest BCUT2D eigenvalue weighted by Crippen LogP contribution is 2.52. The van der Waals surface area contributed by atoms with Gasteiger partial charge in [0, 0.05) is 16.9 Å². The molecule has 0 amide bonds. The van der Waals surface area contributed by atoms with Crippen LogP contribution in [0.25, 0.3) is 0 Å². The van der Waals surface area contributed by atoms with E-state index in [1.54, 1.807) is 0 Å². The molecule has 0 heterocycles. The van der Waals surface area contributed by atoms with Crippen LogP contribution in [0.1, 0.15) is 55.4 Å². The molecule has 3 heteroatoms. The minimum Gasteiger partial charge on any atom is -0.508 e. The lowest BCUT2D eigenvalue weighted by Gasteiger charge is -2.36. The van der Waals surface area contributed by atoms with Crippen LogP contribution in [0.3, 0.4) is 0 Å². The molecule has 2 atom stereocenters. The highest BCUT2D eigenvalue weighted by atomic mass is 31.1. The van der Waals surface area contributed by atoms with Gasteiger partial charge >= 0.3 is 0 Å². The van der Waals surface area contributed by atoms with Gasteiger partial charge < -0.3 is 5.11 Å². The molecule has 2 unspecified atom stereocenters. The molecule has 36 heavy (non-hydrogen) atoms. The van der Waals surface area contributed by atoms with Crippen molar-refractivity contribution in [1.29, 1.82) is 0 Å². The quantitative estimate of drug-likeness (QED) is 0.213. The van der Waals surface area contributed by atoms with Gasteiger partial charge in [-0.1, -0.05) is 125 Å². The number of hydrogen-bond donors (Lipinski definition) is 1. The average molecular weight is 513 g/mol. The fraction of sp³-hybridized carbons (Fsp3) is 0.273. The molecule has 0 bridgehead atoms. The van der Waals surface area contributed by atoms with E-state index >= 15 is 0 Å². The molecular formula is C33H38OP2. The van der Waals surface area contributed by atoms with E-state index in [0.29, 0.717) is 14.3 Å². The van der Waals surface area contributed by atoms with Crippen LogP contribution in [0, 0.1) is 13.8 Å². The van der Waals surface area contributed by atoms with Gasteiger partial charge in [0.1, 0.15) is 5.75 Å². The van der Waals surface area contributed by atoms with E-state index in [4.69, 9.17) is 0 Å². The van der Waals surface area contributed by atoms with E-state index in [2.05, 4.69) is 113 Å². The van der Waals surface area contributed by atoms with Crippen LogP contribution in [-0.2, 0) is 11.3 Å². The lowest BCUT2D eigenvalue weighted by Crippen LogP contribution is -2.25. The molecule has 0 aliphatic heterocycles. The molecule has 0 aromatic heterocycles. The highest BCUT2D eigenvalue weighted by molar-refractivity contribution is 7.72. The van der Waals surface area contributed by atoms with E-state index < -0.39 is 7.92 Å². The standard InChI is InChI=1S/C33H38OP2/c1-5-22-33(6-2,30-23-25(3)20-21-31(30)34)35-32-26(4)14-13-15-27(32)24-36(28-16-9-7-10-17-28)29-18-11-8-12-19-29/h7-21,23,34-35H,5-6,22,24H2,1-4H3. The van der Waals surface area contributed by atoms with Crippen LogP contribution in [-0.4, -0.2) is 5.11 Å². The fourth-order valence-corrected chi connectivity index (χ4v) is 9.63. The molecule has 0 fully saturated rings. The van der Waals surface area contributed by atoms with Crippen molar-refractivity contribution >= 4 is 32.4 Å². The molecule has 4 rings (SSSR count). The zero-order chi connectivity index (χ0) is 25.5. The third-order valence-electron chi connectivity index (χ3n) is 7.14. The summed E-state index contributed by atoms with van der Waals surface area (Å²) in [6.07, 6.45) is 4.20. The Bertz CT molecular complexity index is 1230. The molecule has 1 nitrogen and oxygen atoms in total. The third kappa shape index (κ3) is 5.91. The van der Waals surface area contributed by atoms with Gasteiger partial charge in [0.15, 0.2) is 0 Å².